The second kappa shape index (κ2) is 10.5. The molecule has 0 aliphatic carbocycles. The van der Waals surface area contributed by atoms with Crippen LogP contribution in [0.15, 0.2) is 54.6 Å². The molecule has 5 heteroatoms. The Bertz CT molecular complexity index is 753. The molecular formula is C21H24N2O2S. The van der Waals surface area contributed by atoms with E-state index in [4.69, 9.17) is 0 Å². The topological polar surface area (TPSA) is 58.2 Å². The van der Waals surface area contributed by atoms with Gasteiger partial charge in [-0.2, -0.15) is 11.8 Å². The summed E-state index contributed by atoms with van der Waals surface area (Å²) in [5.41, 5.74) is 4.04. The van der Waals surface area contributed by atoms with Crippen molar-refractivity contribution < 1.29 is 9.59 Å². The van der Waals surface area contributed by atoms with Gasteiger partial charge < -0.3 is 10.6 Å². The van der Waals surface area contributed by atoms with Crippen LogP contribution in [-0.4, -0.2) is 31.2 Å². The molecule has 0 saturated carbocycles. The van der Waals surface area contributed by atoms with E-state index in [9.17, 15) is 9.59 Å². The van der Waals surface area contributed by atoms with Gasteiger partial charge in [0.05, 0.1) is 0 Å². The van der Waals surface area contributed by atoms with Crippen LogP contribution < -0.4 is 10.6 Å². The van der Waals surface area contributed by atoms with E-state index in [1.54, 1.807) is 37.0 Å². The third kappa shape index (κ3) is 6.76. The predicted molar refractivity (Wildman–Crippen MR) is 109 cm³/mol. The molecule has 0 atom stereocenters. The first-order valence-corrected chi connectivity index (χ1v) is 9.65. The summed E-state index contributed by atoms with van der Waals surface area (Å²) >= 11 is 1.80. The number of aryl methyl sites for hydroxylation is 1. The second-order valence-corrected chi connectivity index (χ2v) is 6.97. The highest BCUT2D eigenvalue weighted by molar-refractivity contribution is 7.98. The zero-order valence-corrected chi connectivity index (χ0v) is 15.9. The molecule has 0 bridgehead atoms. The maximum Gasteiger partial charge on any atom is 0.251 e. The molecule has 2 N–H and O–H groups in total. The Morgan fingerprint density at radius 2 is 1.73 bits per heavy atom. The average Bonchev–Trinajstić information content (AvgIpc) is 2.67. The van der Waals surface area contributed by atoms with Crippen molar-refractivity contribution in [3.8, 4) is 0 Å². The van der Waals surface area contributed by atoms with Crippen LogP contribution in [-0.2, 0) is 10.5 Å². The highest BCUT2D eigenvalue weighted by Gasteiger charge is 2.01. The van der Waals surface area contributed by atoms with Crippen LogP contribution in [0.25, 0.3) is 6.08 Å². The van der Waals surface area contributed by atoms with Gasteiger partial charge in [-0.25, -0.2) is 0 Å². The summed E-state index contributed by atoms with van der Waals surface area (Å²) in [6.45, 7) is 2.71. The molecular weight excluding hydrogens is 344 g/mol. The van der Waals surface area contributed by atoms with Crippen LogP contribution in [0.4, 0.5) is 0 Å². The number of benzene rings is 2. The third-order valence-corrected chi connectivity index (χ3v) is 4.79. The van der Waals surface area contributed by atoms with Gasteiger partial charge in [0, 0.05) is 36.7 Å². The van der Waals surface area contributed by atoms with Crippen molar-refractivity contribution >= 4 is 29.7 Å². The van der Waals surface area contributed by atoms with Gasteiger partial charge in [-0.15, -0.1) is 0 Å². The summed E-state index contributed by atoms with van der Waals surface area (Å²) in [7, 11) is 1.60. The normalized spacial score (nSPS) is 10.7. The molecule has 0 aromatic heterocycles. The van der Waals surface area contributed by atoms with Gasteiger partial charge in [-0.1, -0.05) is 42.0 Å². The Balaban J connectivity index is 1.67. The van der Waals surface area contributed by atoms with Crippen molar-refractivity contribution in [1.82, 2.24) is 10.6 Å². The summed E-state index contributed by atoms with van der Waals surface area (Å²) in [5.74, 6) is 1.58. The van der Waals surface area contributed by atoms with Gasteiger partial charge in [-0.05, 0) is 36.3 Å². The Kier molecular flexibility index (Phi) is 7.96. The number of amides is 2. The largest absolute Gasteiger partial charge is 0.355 e. The van der Waals surface area contributed by atoms with Crippen molar-refractivity contribution in [1.29, 1.82) is 0 Å². The van der Waals surface area contributed by atoms with Crippen molar-refractivity contribution in [3.63, 3.8) is 0 Å². The molecule has 0 aliphatic heterocycles. The first-order chi connectivity index (χ1) is 12.6. The Hall–Kier alpha value is -2.53. The summed E-state index contributed by atoms with van der Waals surface area (Å²) < 4.78 is 0. The fourth-order valence-electron chi connectivity index (χ4n) is 2.24. The summed E-state index contributed by atoms with van der Waals surface area (Å²) in [4.78, 5) is 23.3. The van der Waals surface area contributed by atoms with Crippen LogP contribution in [0.1, 0.15) is 27.0 Å². The van der Waals surface area contributed by atoms with E-state index < -0.39 is 0 Å². The third-order valence-electron chi connectivity index (χ3n) is 3.76. The van der Waals surface area contributed by atoms with E-state index in [1.807, 2.05) is 12.1 Å². The number of nitrogens with one attached hydrogen (secondary N) is 2. The van der Waals surface area contributed by atoms with Gasteiger partial charge in [0.15, 0.2) is 0 Å². The first kappa shape index (κ1) is 19.8. The van der Waals surface area contributed by atoms with Crippen molar-refractivity contribution in [2.75, 3.05) is 19.3 Å². The SMILES string of the molecule is CNC(=O)c1ccc(/C=C/C(=O)NCCSCc2ccc(C)cc2)cc1. The van der Waals surface area contributed by atoms with E-state index in [0.717, 1.165) is 17.1 Å². The monoisotopic (exact) mass is 368 g/mol. The minimum absolute atomic E-state index is 0.115. The number of rotatable bonds is 8. The van der Waals surface area contributed by atoms with E-state index in [0.29, 0.717) is 12.1 Å². The quantitative estimate of drug-likeness (QED) is 0.554. The van der Waals surface area contributed by atoms with Crippen LogP contribution >= 0.6 is 11.8 Å². The standard InChI is InChI=1S/C21H24N2O2S/c1-16-3-5-18(6-4-16)15-26-14-13-23-20(24)12-9-17-7-10-19(11-8-17)21(25)22-2/h3-12H,13-15H2,1-2H3,(H,22,25)(H,23,24)/b12-9+. The fraction of sp³-hybridized carbons (Fsp3) is 0.238. The van der Waals surface area contributed by atoms with Crippen LogP contribution in [0.5, 0.6) is 0 Å². The smallest absolute Gasteiger partial charge is 0.251 e. The number of carbonyl (C=O) groups is 2. The highest BCUT2D eigenvalue weighted by atomic mass is 32.2. The number of carbonyl (C=O) groups excluding carboxylic acids is 2. The molecule has 2 aromatic rings. The van der Waals surface area contributed by atoms with E-state index >= 15 is 0 Å². The molecule has 0 fully saturated rings. The van der Waals surface area contributed by atoms with Crippen LogP contribution in [0.3, 0.4) is 0 Å². The predicted octanol–water partition coefficient (Wildman–Crippen LogP) is 3.42. The fourth-order valence-corrected chi connectivity index (χ4v) is 3.06. The first-order valence-electron chi connectivity index (χ1n) is 8.50. The minimum Gasteiger partial charge on any atom is -0.355 e. The Morgan fingerprint density at radius 1 is 1.04 bits per heavy atom. The maximum absolute atomic E-state index is 11.8. The Labute approximate surface area is 159 Å². The van der Waals surface area contributed by atoms with Gasteiger partial charge in [-0.3, -0.25) is 9.59 Å². The maximum atomic E-state index is 11.8. The molecule has 26 heavy (non-hydrogen) atoms. The lowest BCUT2D eigenvalue weighted by atomic mass is 10.1. The molecule has 0 saturated heterocycles. The number of hydrogen-bond donors (Lipinski definition) is 2. The van der Waals surface area contributed by atoms with E-state index in [-0.39, 0.29) is 11.8 Å². The average molecular weight is 369 g/mol. The molecule has 0 heterocycles. The minimum atomic E-state index is -0.124. The highest BCUT2D eigenvalue weighted by Crippen LogP contribution is 2.12. The number of hydrogen-bond acceptors (Lipinski definition) is 3. The van der Waals surface area contributed by atoms with Crippen molar-refractivity contribution in [2.24, 2.45) is 0 Å². The van der Waals surface area contributed by atoms with Gasteiger partial charge in [0.25, 0.3) is 5.91 Å². The second-order valence-electron chi connectivity index (χ2n) is 5.86. The Morgan fingerprint density at radius 3 is 2.38 bits per heavy atom. The van der Waals surface area contributed by atoms with Gasteiger partial charge >= 0.3 is 0 Å². The number of thioether (sulfide) groups is 1. The lowest BCUT2D eigenvalue weighted by molar-refractivity contribution is -0.116. The molecule has 0 unspecified atom stereocenters. The zero-order valence-electron chi connectivity index (χ0n) is 15.1. The van der Waals surface area contributed by atoms with Crippen molar-refractivity contribution in [2.45, 2.75) is 12.7 Å². The van der Waals surface area contributed by atoms with Gasteiger partial charge in [0.2, 0.25) is 5.91 Å². The molecule has 4 nitrogen and oxygen atoms in total. The van der Waals surface area contributed by atoms with Gasteiger partial charge in [0.1, 0.15) is 0 Å². The van der Waals surface area contributed by atoms with E-state index in [1.165, 1.54) is 17.2 Å². The molecule has 2 aromatic carbocycles. The molecule has 0 aliphatic rings. The molecule has 0 radical (unpaired) electrons. The summed E-state index contributed by atoms with van der Waals surface area (Å²) in [5, 5.41) is 5.45. The zero-order chi connectivity index (χ0) is 18.8. The summed E-state index contributed by atoms with van der Waals surface area (Å²) in [6.07, 6.45) is 3.25. The lowest BCUT2D eigenvalue weighted by Gasteiger charge is -2.04. The summed E-state index contributed by atoms with van der Waals surface area (Å²) in [6, 6.07) is 15.6. The molecule has 0 spiro atoms. The molecule has 2 rings (SSSR count). The van der Waals surface area contributed by atoms with Crippen LogP contribution in [0, 0.1) is 6.92 Å². The van der Waals surface area contributed by atoms with Crippen LogP contribution in [0.2, 0.25) is 0 Å². The molecule has 136 valence electrons. The van der Waals surface area contributed by atoms with Crippen molar-refractivity contribution in [3.05, 3.63) is 76.9 Å². The van der Waals surface area contributed by atoms with E-state index in [2.05, 4.69) is 41.8 Å². The lowest BCUT2D eigenvalue weighted by Crippen LogP contribution is -2.23. The molecule has 2 amide bonds.